The van der Waals surface area contributed by atoms with E-state index in [1.165, 1.54) is 4.31 Å². The topological polar surface area (TPSA) is 102 Å². The summed E-state index contributed by atoms with van der Waals surface area (Å²) in [6.07, 6.45) is 5.17. The van der Waals surface area contributed by atoms with E-state index in [9.17, 15) is 13.2 Å². The van der Waals surface area contributed by atoms with E-state index in [4.69, 9.17) is 9.26 Å². The lowest BCUT2D eigenvalue weighted by Crippen LogP contribution is -2.43. The molecule has 2 heterocycles. The highest BCUT2D eigenvalue weighted by molar-refractivity contribution is 7.89. The van der Waals surface area contributed by atoms with E-state index in [-0.39, 0.29) is 35.6 Å². The summed E-state index contributed by atoms with van der Waals surface area (Å²) in [6.45, 7) is 7.98. The van der Waals surface area contributed by atoms with Gasteiger partial charge < -0.3 is 14.6 Å². The van der Waals surface area contributed by atoms with Crippen LogP contribution < -0.4 is 5.32 Å². The maximum absolute atomic E-state index is 13.4. The van der Waals surface area contributed by atoms with Gasteiger partial charge in [0.2, 0.25) is 15.9 Å². The number of rotatable bonds is 10. The minimum atomic E-state index is -3.79. The fourth-order valence-corrected chi connectivity index (χ4v) is 5.53. The molecule has 0 radical (unpaired) electrons. The zero-order valence-electron chi connectivity index (χ0n) is 19.5. The molecule has 0 atom stereocenters. The van der Waals surface area contributed by atoms with Crippen molar-refractivity contribution >= 4 is 28.1 Å². The summed E-state index contributed by atoms with van der Waals surface area (Å²) in [6, 6.07) is 7.89. The molecule has 1 fully saturated rings. The Labute approximate surface area is 196 Å². The van der Waals surface area contributed by atoms with E-state index in [1.54, 1.807) is 19.1 Å². The summed E-state index contributed by atoms with van der Waals surface area (Å²) in [5.74, 6) is 0.00156. The Morgan fingerprint density at radius 1 is 1.21 bits per heavy atom. The van der Waals surface area contributed by atoms with Crippen molar-refractivity contribution in [2.45, 2.75) is 44.9 Å². The average Bonchev–Trinajstić information content (AvgIpc) is 3.19. The summed E-state index contributed by atoms with van der Waals surface area (Å²) >= 11 is 0. The van der Waals surface area contributed by atoms with Gasteiger partial charge in [-0.25, -0.2) is 8.42 Å². The lowest BCUT2D eigenvalue weighted by atomic mass is 9.97. The van der Waals surface area contributed by atoms with Gasteiger partial charge in [-0.15, -0.1) is 0 Å². The molecule has 0 unspecified atom stereocenters. The molecule has 33 heavy (non-hydrogen) atoms. The van der Waals surface area contributed by atoms with Crippen molar-refractivity contribution in [2.24, 2.45) is 5.92 Å². The first-order valence-electron chi connectivity index (χ1n) is 11.4. The standard InChI is InChI=1S/C24H33N3O5S/c1-4-31-17-5-14-25-24(28)21-12-15-27(16-13-21)33(29,30)23-19(3)26-32-22(23)11-10-20-8-6-18(2)7-9-20/h6-11,21H,4-5,12-17H2,1-3H3,(H,25,28). The molecule has 0 aliphatic carbocycles. The first-order chi connectivity index (χ1) is 15.8. The van der Waals surface area contributed by atoms with Crippen molar-refractivity contribution in [2.75, 3.05) is 32.8 Å². The zero-order valence-corrected chi connectivity index (χ0v) is 20.4. The molecule has 9 heteroatoms. The Balaban J connectivity index is 1.62. The number of nitrogens with one attached hydrogen (secondary N) is 1. The number of hydrogen-bond acceptors (Lipinski definition) is 6. The molecule has 1 aromatic carbocycles. The fraction of sp³-hybridized carbons (Fsp3) is 0.500. The minimum absolute atomic E-state index is 0.0218. The van der Waals surface area contributed by atoms with Gasteiger partial charge in [0.15, 0.2) is 10.7 Å². The van der Waals surface area contributed by atoms with Crippen LogP contribution in [0.2, 0.25) is 0 Å². The second-order valence-corrected chi connectivity index (χ2v) is 10.1. The second-order valence-electron chi connectivity index (χ2n) is 8.23. The van der Waals surface area contributed by atoms with E-state index in [0.29, 0.717) is 38.3 Å². The van der Waals surface area contributed by atoms with Gasteiger partial charge in [0.1, 0.15) is 5.69 Å². The lowest BCUT2D eigenvalue weighted by Gasteiger charge is -2.30. The average molecular weight is 476 g/mol. The van der Waals surface area contributed by atoms with Crippen LogP contribution in [-0.4, -0.2) is 56.6 Å². The monoisotopic (exact) mass is 475 g/mol. The summed E-state index contributed by atoms with van der Waals surface area (Å²) in [7, 11) is -3.79. The number of carbonyl (C=O) groups is 1. The van der Waals surface area contributed by atoms with Crippen molar-refractivity contribution in [1.29, 1.82) is 0 Å². The molecule has 1 saturated heterocycles. The number of nitrogens with zero attached hydrogens (tertiary/aromatic N) is 2. The Morgan fingerprint density at radius 2 is 1.91 bits per heavy atom. The number of carbonyl (C=O) groups excluding carboxylic acids is 1. The minimum Gasteiger partial charge on any atom is -0.382 e. The summed E-state index contributed by atoms with van der Waals surface area (Å²) in [4.78, 5) is 12.5. The summed E-state index contributed by atoms with van der Waals surface area (Å²) in [5, 5.41) is 6.82. The van der Waals surface area contributed by atoms with Gasteiger partial charge in [0, 0.05) is 38.8 Å². The van der Waals surface area contributed by atoms with Crippen LogP contribution in [0.5, 0.6) is 0 Å². The number of sulfonamides is 1. The molecule has 8 nitrogen and oxygen atoms in total. The van der Waals surface area contributed by atoms with Gasteiger partial charge in [0.05, 0.1) is 0 Å². The van der Waals surface area contributed by atoms with Crippen LogP contribution >= 0.6 is 0 Å². The number of hydrogen-bond donors (Lipinski definition) is 1. The highest BCUT2D eigenvalue weighted by atomic mass is 32.2. The Bertz CT molecular complexity index is 1050. The van der Waals surface area contributed by atoms with Crippen molar-refractivity contribution < 1.29 is 22.5 Å². The Kier molecular flexibility index (Phi) is 8.82. The van der Waals surface area contributed by atoms with Gasteiger partial charge in [-0.3, -0.25) is 4.79 Å². The second kappa shape index (κ2) is 11.6. The van der Waals surface area contributed by atoms with Gasteiger partial charge >= 0.3 is 0 Å². The maximum atomic E-state index is 13.4. The molecule has 2 aromatic rings. The quantitative estimate of drug-likeness (QED) is 0.529. The van der Waals surface area contributed by atoms with E-state index in [0.717, 1.165) is 17.5 Å². The van der Waals surface area contributed by atoms with Gasteiger partial charge in [-0.1, -0.05) is 41.1 Å². The van der Waals surface area contributed by atoms with Crippen molar-refractivity contribution in [1.82, 2.24) is 14.8 Å². The number of aromatic nitrogens is 1. The van der Waals surface area contributed by atoms with Crippen LogP contribution in [0, 0.1) is 19.8 Å². The molecule has 1 aliphatic rings. The fourth-order valence-electron chi connectivity index (χ4n) is 3.81. The van der Waals surface area contributed by atoms with Crippen LogP contribution in [0.4, 0.5) is 0 Å². The lowest BCUT2D eigenvalue weighted by molar-refractivity contribution is -0.126. The molecule has 1 aromatic heterocycles. The molecule has 0 bridgehead atoms. The molecule has 0 spiro atoms. The van der Waals surface area contributed by atoms with Crippen molar-refractivity contribution in [3.05, 3.63) is 46.8 Å². The Morgan fingerprint density at radius 3 is 2.58 bits per heavy atom. The van der Waals surface area contributed by atoms with E-state index >= 15 is 0 Å². The Hall–Kier alpha value is -2.49. The van der Waals surface area contributed by atoms with Crippen LogP contribution in [0.3, 0.4) is 0 Å². The van der Waals surface area contributed by atoms with Crippen LogP contribution in [0.25, 0.3) is 12.2 Å². The van der Waals surface area contributed by atoms with Crippen LogP contribution in [0.1, 0.15) is 48.8 Å². The van der Waals surface area contributed by atoms with Gasteiger partial charge in [0.25, 0.3) is 0 Å². The number of amides is 1. The third kappa shape index (κ3) is 6.52. The number of aryl methyl sites for hydroxylation is 2. The predicted molar refractivity (Wildman–Crippen MR) is 127 cm³/mol. The molecule has 3 rings (SSSR count). The van der Waals surface area contributed by atoms with Gasteiger partial charge in [-0.05, 0) is 51.7 Å². The smallest absolute Gasteiger partial charge is 0.248 e. The molecule has 0 saturated carbocycles. The summed E-state index contributed by atoms with van der Waals surface area (Å²) in [5.41, 5.74) is 2.41. The third-order valence-electron chi connectivity index (χ3n) is 5.73. The highest BCUT2D eigenvalue weighted by Gasteiger charge is 2.35. The number of ether oxygens (including phenoxy) is 1. The maximum Gasteiger partial charge on any atom is 0.248 e. The molecule has 1 amide bonds. The van der Waals surface area contributed by atoms with Crippen LogP contribution in [-0.2, 0) is 19.6 Å². The summed E-state index contributed by atoms with van der Waals surface area (Å²) < 4.78 is 38.8. The first kappa shape index (κ1) is 25.1. The number of benzene rings is 1. The molecular formula is C24H33N3O5S. The third-order valence-corrected chi connectivity index (χ3v) is 7.79. The van der Waals surface area contributed by atoms with Crippen molar-refractivity contribution in [3.63, 3.8) is 0 Å². The molecule has 1 aliphatic heterocycles. The van der Waals surface area contributed by atoms with E-state index in [1.807, 2.05) is 38.1 Å². The van der Waals surface area contributed by atoms with Gasteiger partial charge in [-0.2, -0.15) is 4.31 Å². The largest absolute Gasteiger partial charge is 0.382 e. The van der Waals surface area contributed by atoms with E-state index < -0.39 is 10.0 Å². The zero-order chi connectivity index (χ0) is 23.8. The first-order valence-corrected chi connectivity index (χ1v) is 12.8. The number of piperidine rings is 1. The van der Waals surface area contributed by atoms with Crippen LogP contribution in [0.15, 0.2) is 33.7 Å². The highest BCUT2D eigenvalue weighted by Crippen LogP contribution is 2.29. The molecule has 1 N–H and O–H groups in total. The molecule has 180 valence electrons. The van der Waals surface area contributed by atoms with E-state index in [2.05, 4.69) is 10.5 Å². The SMILES string of the molecule is CCOCCCNC(=O)C1CCN(S(=O)(=O)c2c(C)noc2C=Cc2ccc(C)cc2)CC1. The predicted octanol–water partition coefficient (Wildman–Crippen LogP) is 3.41. The normalized spacial score (nSPS) is 15.8. The molecular weight excluding hydrogens is 442 g/mol. The van der Waals surface area contributed by atoms with Crippen molar-refractivity contribution in [3.8, 4) is 0 Å².